The number of likely N-dealkylation sites (N-methyl/N-ethyl adjacent to an activating group) is 1. The first kappa shape index (κ1) is 17.7. The van der Waals surface area contributed by atoms with Crippen LogP contribution in [0.2, 0.25) is 0 Å². The summed E-state index contributed by atoms with van der Waals surface area (Å²) in [5.74, 6) is 0.798. The number of methoxy groups -OCH3 is 1. The smallest absolute Gasteiger partial charge is 0.239 e. The molecule has 0 aromatic heterocycles. The number of ether oxygens (including phenoxy) is 2. The molecule has 1 amide bonds. The quantitative estimate of drug-likeness (QED) is 0.811. The van der Waals surface area contributed by atoms with Crippen LogP contribution in [0.25, 0.3) is 0 Å². The summed E-state index contributed by atoms with van der Waals surface area (Å²) < 4.78 is 11.0. The number of hydrogen-bond donors (Lipinski definition) is 2. The Morgan fingerprint density at radius 2 is 2.22 bits per heavy atom. The van der Waals surface area contributed by atoms with Gasteiger partial charge < -0.3 is 25.0 Å². The number of morpholine rings is 1. The van der Waals surface area contributed by atoms with Gasteiger partial charge in [0.25, 0.3) is 0 Å². The lowest BCUT2D eigenvalue weighted by molar-refractivity contribution is -0.129. The van der Waals surface area contributed by atoms with E-state index in [-0.39, 0.29) is 24.1 Å². The third-order valence-electron chi connectivity index (χ3n) is 4.19. The minimum Gasteiger partial charge on any atom is -0.496 e. The van der Waals surface area contributed by atoms with Crippen LogP contribution in [0.1, 0.15) is 18.5 Å². The van der Waals surface area contributed by atoms with E-state index in [9.17, 15) is 4.79 Å². The van der Waals surface area contributed by atoms with Crippen molar-refractivity contribution in [2.45, 2.75) is 25.1 Å². The monoisotopic (exact) mass is 321 g/mol. The number of benzene rings is 1. The molecule has 1 heterocycles. The lowest BCUT2D eigenvalue weighted by atomic mass is 10.0. The zero-order valence-electron chi connectivity index (χ0n) is 14.3. The Balaban J connectivity index is 2.04. The Hall–Kier alpha value is -1.63. The molecule has 0 spiro atoms. The van der Waals surface area contributed by atoms with Gasteiger partial charge in [-0.05, 0) is 27.1 Å². The average Bonchev–Trinajstić information content (AvgIpc) is 2.55. The summed E-state index contributed by atoms with van der Waals surface area (Å²) in [6, 6.07) is 7.62. The molecule has 3 atom stereocenters. The number of carbonyl (C=O) groups excluding carboxylic acids is 1. The molecule has 1 unspecified atom stereocenters. The number of nitrogens with zero attached hydrogens (tertiary/aromatic N) is 1. The van der Waals surface area contributed by atoms with Crippen molar-refractivity contribution in [3.05, 3.63) is 29.8 Å². The molecule has 128 valence electrons. The van der Waals surface area contributed by atoms with Crippen molar-refractivity contribution >= 4 is 5.91 Å². The van der Waals surface area contributed by atoms with E-state index in [1.165, 1.54) is 0 Å². The fourth-order valence-corrected chi connectivity index (χ4v) is 2.85. The summed E-state index contributed by atoms with van der Waals surface area (Å²) in [4.78, 5) is 14.5. The summed E-state index contributed by atoms with van der Waals surface area (Å²) in [6.45, 7) is 3.77. The standard InChI is InChI=1S/C17H27N3O3/c1-12-16(18-9-10-23-12)17(21)19-11-14(20(2)3)13-7-5-6-8-15(13)22-4/h5-8,12,14,16,18H,9-11H2,1-4H3,(H,19,21)/t12-,14?,16+/m1/s1. The van der Waals surface area contributed by atoms with E-state index in [0.29, 0.717) is 19.7 Å². The molecule has 0 aliphatic carbocycles. The van der Waals surface area contributed by atoms with Crippen molar-refractivity contribution < 1.29 is 14.3 Å². The zero-order valence-corrected chi connectivity index (χ0v) is 14.3. The average molecular weight is 321 g/mol. The van der Waals surface area contributed by atoms with Gasteiger partial charge in [-0.25, -0.2) is 0 Å². The Morgan fingerprint density at radius 1 is 1.48 bits per heavy atom. The maximum atomic E-state index is 12.4. The number of hydrogen-bond acceptors (Lipinski definition) is 5. The molecule has 0 bridgehead atoms. The molecule has 1 aliphatic rings. The Kier molecular flexibility index (Phi) is 6.38. The van der Waals surface area contributed by atoms with Gasteiger partial charge in [-0.2, -0.15) is 0 Å². The molecule has 6 heteroatoms. The van der Waals surface area contributed by atoms with Crippen molar-refractivity contribution in [2.24, 2.45) is 0 Å². The summed E-state index contributed by atoms with van der Waals surface area (Å²) in [5, 5.41) is 6.24. The van der Waals surface area contributed by atoms with Crippen LogP contribution < -0.4 is 15.4 Å². The summed E-state index contributed by atoms with van der Waals surface area (Å²) in [7, 11) is 5.65. The van der Waals surface area contributed by atoms with Crippen LogP contribution in [0.4, 0.5) is 0 Å². The molecular weight excluding hydrogens is 294 g/mol. The lowest BCUT2D eigenvalue weighted by Gasteiger charge is -2.31. The van der Waals surface area contributed by atoms with Crippen LogP contribution in [0.3, 0.4) is 0 Å². The van der Waals surface area contributed by atoms with Crippen molar-refractivity contribution in [1.29, 1.82) is 0 Å². The van der Waals surface area contributed by atoms with E-state index in [4.69, 9.17) is 9.47 Å². The molecule has 23 heavy (non-hydrogen) atoms. The number of para-hydroxylation sites is 1. The van der Waals surface area contributed by atoms with Gasteiger partial charge in [-0.1, -0.05) is 18.2 Å². The minimum atomic E-state index is -0.302. The highest BCUT2D eigenvalue weighted by Crippen LogP contribution is 2.27. The van der Waals surface area contributed by atoms with Crippen LogP contribution in [-0.4, -0.2) is 63.9 Å². The number of carbonyl (C=O) groups is 1. The Labute approximate surface area is 138 Å². The van der Waals surface area contributed by atoms with E-state index in [0.717, 1.165) is 11.3 Å². The molecule has 2 rings (SSSR count). The Bertz CT molecular complexity index is 522. The fraction of sp³-hybridized carbons (Fsp3) is 0.588. The molecule has 6 nitrogen and oxygen atoms in total. The predicted octanol–water partition coefficient (Wildman–Crippen LogP) is 0.791. The normalized spacial score (nSPS) is 22.7. The van der Waals surface area contributed by atoms with Gasteiger partial charge in [0.15, 0.2) is 0 Å². The first-order valence-corrected chi connectivity index (χ1v) is 7.96. The molecule has 0 saturated carbocycles. The number of rotatable bonds is 6. The third kappa shape index (κ3) is 4.43. The molecule has 1 saturated heterocycles. The molecule has 1 aromatic rings. The van der Waals surface area contributed by atoms with Crippen LogP contribution in [-0.2, 0) is 9.53 Å². The summed E-state index contributed by atoms with van der Waals surface area (Å²) >= 11 is 0. The van der Waals surface area contributed by atoms with Crippen molar-refractivity contribution in [1.82, 2.24) is 15.5 Å². The maximum absolute atomic E-state index is 12.4. The van der Waals surface area contributed by atoms with Crippen LogP contribution in [0, 0.1) is 0 Å². The first-order chi connectivity index (χ1) is 11.0. The highest BCUT2D eigenvalue weighted by atomic mass is 16.5. The highest BCUT2D eigenvalue weighted by Gasteiger charge is 2.29. The highest BCUT2D eigenvalue weighted by molar-refractivity contribution is 5.82. The van der Waals surface area contributed by atoms with E-state index in [1.54, 1.807) is 7.11 Å². The molecule has 0 radical (unpaired) electrons. The van der Waals surface area contributed by atoms with Gasteiger partial charge in [-0.3, -0.25) is 4.79 Å². The van der Waals surface area contributed by atoms with Crippen LogP contribution in [0.15, 0.2) is 24.3 Å². The largest absolute Gasteiger partial charge is 0.496 e. The van der Waals surface area contributed by atoms with Crippen molar-refractivity contribution in [2.75, 3.05) is 40.9 Å². The number of amides is 1. The van der Waals surface area contributed by atoms with E-state index < -0.39 is 0 Å². The number of nitrogens with one attached hydrogen (secondary N) is 2. The van der Waals surface area contributed by atoms with Gasteiger partial charge in [0, 0.05) is 18.7 Å². The van der Waals surface area contributed by atoms with Gasteiger partial charge >= 0.3 is 0 Å². The lowest BCUT2D eigenvalue weighted by Crippen LogP contribution is -2.56. The van der Waals surface area contributed by atoms with Gasteiger partial charge in [0.1, 0.15) is 11.8 Å². The second-order valence-corrected chi connectivity index (χ2v) is 5.97. The SMILES string of the molecule is COc1ccccc1C(CNC(=O)[C@H]1NCCO[C@@H]1C)N(C)C. The van der Waals surface area contributed by atoms with Gasteiger partial charge in [0.05, 0.1) is 25.9 Å². The van der Waals surface area contributed by atoms with Gasteiger partial charge in [-0.15, -0.1) is 0 Å². The summed E-state index contributed by atoms with van der Waals surface area (Å²) in [6.07, 6.45) is -0.118. The zero-order chi connectivity index (χ0) is 16.8. The van der Waals surface area contributed by atoms with Crippen LogP contribution >= 0.6 is 0 Å². The van der Waals surface area contributed by atoms with Crippen molar-refractivity contribution in [3.8, 4) is 5.75 Å². The Morgan fingerprint density at radius 3 is 2.87 bits per heavy atom. The molecular formula is C17H27N3O3. The third-order valence-corrected chi connectivity index (χ3v) is 4.19. The molecule has 1 aromatic carbocycles. The minimum absolute atomic E-state index is 0.0288. The summed E-state index contributed by atoms with van der Waals surface area (Å²) in [5.41, 5.74) is 1.06. The van der Waals surface area contributed by atoms with Crippen molar-refractivity contribution in [3.63, 3.8) is 0 Å². The van der Waals surface area contributed by atoms with Gasteiger partial charge in [0.2, 0.25) is 5.91 Å². The van der Waals surface area contributed by atoms with Crippen LogP contribution in [0.5, 0.6) is 5.75 Å². The van der Waals surface area contributed by atoms with E-state index >= 15 is 0 Å². The first-order valence-electron chi connectivity index (χ1n) is 7.96. The molecule has 2 N–H and O–H groups in total. The molecule has 1 aliphatic heterocycles. The predicted molar refractivity (Wildman–Crippen MR) is 89.6 cm³/mol. The second kappa shape index (κ2) is 8.29. The maximum Gasteiger partial charge on any atom is 0.239 e. The fourth-order valence-electron chi connectivity index (χ4n) is 2.85. The topological polar surface area (TPSA) is 62.8 Å². The second-order valence-electron chi connectivity index (χ2n) is 5.97. The van der Waals surface area contributed by atoms with E-state index in [1.807, 2.05) is 45.3 Å². The molecule has 1 fully saturated rings. The van der Waals surface area contributed by atoms with E-state index in [2.05, 4.69) is 15.5 Å².